The van der Waals surface area contributed by atoms with E-state index >= 15 is 0 Å². The molecule has 0 amide bonds. The highest BCUT2D eigenvalue weighted by Crippen LogP contribution is 2.42. The van der Waals surface area contributed by atoms with Crippen molar-refractivity contribution in [2.45, 2.75) is 38.0 Å². The zero-order valence-electron chi connectivity index (χ0n) is 8.92. The zero-order valence-corrected chi connectivity index (χ0v) is 9.68. The number of hydrogen-bond acceptors (Lipinski definition) is 1. The van der Waals surface area contributed by atoms with Gasteiger partial charge in [-0.25, -0.2) is 0 Å². The van der Waals surface area contributed by atoms with Gasteiger partial charge in [-0.05, 0) is 30.5 Å². The molecule has 15 heavy (non-hydrogen) atoms. The lowest BCUT2D eigenvalue weighted by atomic mass is 9.77. The van der Waals surface area contributed by atoms with E-state index in [1.807, 2.05) is 12.1 Å². The monoisotopic (exact) mass is 222 g/mol. The molecule has 0 radical (unpaired) electrons. The normalized spacial score (nSPS) is 25.9. The summed E-state index contributed by atoms with van der Waals surface area (Å²) in [5, 5.41) is 0.759. The average Bonchev–Trinajstić information content (AvgIpc) is 2.62. The van der Waals surface area contributed by atoms with Crippen molar-refractivity contribution in [3.05, 3.63) is 34.9 Å². The van der Waals surface area contributed by atoms with Crippen molar-refractivity contribution in [3.63, 3.8) is 0 Å². The summed E-state index contributed by atoms with van der Waals surface area (Å²) < 4.78 is 0. The Balaban J connectivity index is 2.34. The fourth-order valence-corrected chi connectivity index (χ4v) is 2.61. The number of Topliss-reactive ketones (excluding diaryl/α,β-unsaturated/α-hetero) is 1. The Morgan fingerprint density at radius 2 is 2.00 bits per heavy atom. The molecule has 80 valence electrons. The lowest BCUT2D eigenvalue weighted by molar-refractivity contribution is -0.117. The van der Waals surface area contributed by atoms with Crippen LogP contribution in [0.2, 0.25) is 5.02 Å². The molecule has 0 spiro atoms. The molecule has 0 unspecified atom stereocenters. The van der Waals surface area contributed by atoms with Crippen LogP contribution in [0.25, 0.3) is 0 Å². The van der Waals surface area contributed by atoms with Crippen LogP contribution in [0, 0.1) is 0 Å². The minimum absolute atomic E-state index is 0.0850. The molecule has 0 aliphatic heterocycles. The summed E-state index contributed by atoms with van der Waals surface area (Å²) in [6, 6.07) is 7.95. The lowest BCUT2D eigenvalue weighted by Gasteiger charge is -2.27. The first-order chi connectivity index (χ1) is 7.16. The highest BCUT2D eigenvalue weighted by Gasteiger charge is 2.38. The van der Waals surface area contributed by atoms with Gasteiger partial charge in [0.05, 0.1) is 0 Å². The third-order valence-corrected chi connectivity index (χ3v) is 3.80. The minimum atomic E-state index is 0.0850. The van der Waals surface area contributed by atoms with E-state index in [9.17, 15) is 4.79 Å². The largest absolute Gasteiger partial charge is 0.300 e. The Morgan fingerprint density at radius 1 is 1.33 bits per heavy atom. The van der Waals surface area contributed by atoms with Crippen molar-refractivity contribution in [1.29, 1.82) is 0 Å². The molecule has 1 aromatic rings. The third kappa shape index (κ3) is 1.93. The Kier molecular flexibility index (Phi) is 2.83. The lowest BCUT2D eigenvalue weighted by Crippen LogP contribution is -2.21. The van der Waals surface area contributed by atoms with Crippen molar-refractivity contribution < 1.29 is 4.79 Å². The summed E-state index contributed by atoms with van der Waals surface area (Å²) >= 11 is 5.87. The van der Waals surface area contributed by atoms with Crippen LogP contribution in [0.15, 0.2) is 24.3 Å². The van der Waals surface area contributed by atoms with Gasteiger partial charge in [-0.3, -0.25) is 4.79 Å². The van der Waals surface area contributed by atoms with Crippen molar-refractivity contribution in [2.75, 3.05) is 0 Å². The van der Waals surface area contributed by atoms with Crippen LogP contribution < -0.4 is 0 Å². The van der Waals surface area contributed by atoms with Crippen molar-refractivity contribution in [2.24, 2.45) is 0 Å². The van der Waals surface area contributed by atoms with Crippen LogP contribution in [-0.4, -0.2) is 5.78 Å². The molecule has 0 saturated heterocycles. The number of rotatable bonds is 2. The van der Waals surface area contributed by atoms with Crippen molar-refractivity contribution in [3.8, 4) is 0 Å². The van der Waals surface area contributed by atoms with E-state index in [1.54, 1.807) is 0 Å². The summed E-state index contributed by atoms with van der Waals surface area (Å²) in [5.41, 5.74) is 1.35. The van der Waals surface area contributed by atoms with E-state index in [2.05, 4.69) is 19.1 Å². The zero-order chi connectivity index (χ0) is 10.9. The Hall–Kier alpha value is -0.820. The van der Waals surface area contributed by atoms with Crippen LogP contribution in [-0.2, 0) is 10.2 Å². The van der Waals surface area contributed by atoms with Gasteiger partial charge in [0.2, 0.25) is 0 Å². The van der Waals surface area contributed by atoms with Crippen LogP contribution in [0.5, 0.6) is 0 Å². The molecule has 0 bridgehead atoms. The molecule has 1 fully saturated rings. The number of hydrogen-bond donors (Lipinski definition) is 0. The van der Waals surface area contributed by atoms with E-state index in [1.165, 1.54) is 5.56 Å². The maximum Gasteiger partial charge on any atom is 0.133 e. The van der Waals surface area contributed by atoms with Gasteiger partial charge in [-0.15, -0.1) is 0 Å². The van der Waals surface area contributed by atoms with Crippen LogP contribution in [0.1, 0.15) is 38.2 Å². The molecule has 1 aromatic carbocycles. The summed E-state index contributed by atoms with van der Waals surface area (Å²) in [6.45, 7) is 2.16. The molecule has 1 saturated carbocycles. The Bertz CT molecular complexity index is 369. The molecule has 0 N–H and O–H groups in total. The number of benzene rings is 1. The second kappa shape index (κ2) is 3.97. The summed E-state index contributed by atoms with van der Waals surface area (Å²) in [6.07, 6.45) is 3.45. The van der Waals surface area contributed by atoms with E-state index in [0.29, 0.717) is 12.2 Å². The second-order valence-corrected chi connectivity index (χ2v) is 4.79. The molecule has 1 aliphatic rings. The first-order valence-electron chi connectivity index (χ1n) is 5.44. The summed E-state index contributed by atoms with van der Waals surface area (Å²) in [5.74, 6) is 0.395. The SMILES string of the molecule is CC[C@@]1(c2ccc(Cl)cc2)CCC(=O)C1. The maximum absolute atomic E-state index is 11.4. The van der Waals surface area contributed by atoms with Gasteiger partial charge < -0.3 is 0 Å². The number of ketones is 1. The van der Waals surface area contributed by atoms with Crippen molar-refractivity contribution >= 4 is 17.4 Å². The first-order valence-corrected chi connectivity index (χ1v) is 5.82. The molecular weight excluding hydrogens is 208 g/mol. The van der Waals surface area contributed by atoms with Gasteiger partial charge in [0, 0.05) is 23.3 Å². The van der Waals surface area contributed by atoms with E-state index < -0.39 is 0 Å². The summed E-state index contributed by atoms with van der Waals surface area (Å²) in [7, 11) is 0. The molecule has 0 aromatic heterocycles. The fourth-order valence-electron chi connectivity index (χ4n) is 2.49. The van der Waals surface area contributed by atoms with Gasteiger partial charge in [-0.1, -0.05) is 30.7 Å². The predicted molar refractivity (Wildman–Crippen MR) is 62.3 cm³/mol. The van der Waals surface area contributed by atoms with E-state index in [0.717, 1.165) is 24.3 Å². The smallest absolute Gasteiger partial charge is 0.133 e. The first kappa shape index (κ1) is 10.7. The van der Waals surface area contributed by atoms with Gasteiger partial charge in [0.25, 0.3) is 0 Å². The third-order valence-electron chi connectivity index (χ3n) is 3.55. The standard InChI is InChI=1S/C13H15ClO/c1-2-13(8-7-12(15)9-13)10-3-5-11(14)6-4-10/h3-6H,2,7-9H2,1H3/t13-/m1/s1. The average molecular weight is 223 g/mol. The molecule has 1 nitrogen and oxygen atoms in total. The maximum atomic E-state index is 11.4. The fraction of sp³-hybridized carbons (Fsp3) is 0.462. The van der Waals surface area contributed by atoms with Crippen LogP contribution >= 0.6 is 11.6 Å². The van der Waals surface area contributed by atoms with E-state index in [-0.39, 0.29) is 5.41 Å². The molecule has 1 aliphatic carbocycles. The van der Waals surface area contributed by atoms with Crippen molar-refractivity contribution in [1.82, 2.24) is 0 Å². The molecule has 2 rings (SSSR count). The highest BCUT2D eigenvalue weighted by molar-refractivity contribution is 6.30. The number of carbonyl (C=O) groups excluding carboxylic acids is 1. The molecular formula is C13H15ClO. The second-order valence-electron chi connectivity index (χ2n) is 4.36. The Labute approximate surface area is 95.4 Å². The molecule has 0 heterocycles. The van der Waals surface area contributed by atoms with Gasteiger partial charge >= 0.3 is 0 Å². The predicted octanol–water partition coefficient (Wildman–Crippen LogP) is 3.74. The number of carbonyl (C=O) groups is 1. The summed E-state index contributed by atoms with van der Waals surface area (Å²) in [4.78, 5) is 11.4. The highest BCUT2D eigenvalue weighted by atomic mass is 35.5. The minimum Gasteiger partial charge on any atom is -0.300 e. The number of halogens is 1. The van der Waals surface area contributed by atoms with Gasteiger partial charge in [-0.2, -0.15) is 0 Å². The van der Waals surface area contributed by atoms with Crippen LogP contribution in [0.4, 0.5) is 0 Å². The van der Waals surface area contributed by atoms with Gasteiger partial charge in [0.15, 0.2) is 0 Å². The van der Waals surface area contributed by atoms with E-state index in [4.69, 9.17) is 11.6 Å². The van der Waals surface area contributed by atoms with Crippen LogP contribution in [0.3, 0.4) is 0 Å². The topological polar surface area (TPSA) is 17.1 Å². The quantitative estimate of drug-likeness (QED) is 0.745. The molecule has 2 heteroatoms. The molecule has 1 atom stereocenters. The Morgan fingerprint density at radius 3 is 2.47 bits per heavy atom. The van der Waals surface area contributed by atoms with Gasteiger partial charge in [0.1, 0.15) is 5.78 Å².